The van der Waals surface area contributed by atoms with E-state index in [1.165, 1.54) is 41.2 Å². The zero-order chi connectivity index (χ0) is 28.1. The SMILES string of the molecule is CC1=NN(c2ccc3cc(C)n(S(=O)(=O)c4ccc(C)cc4)c3c2)C(=O)C1C(=O)Oc1ccc([N+](=O)[O-])cc1. The number of hydrogen-bond donors (Lipinski definition) is 0. The average Bonchev–Trinajstić information content (AvgIpc) is 3.38. The normalized spacial score (nSPS) is 15.5. The number of esters is 1. The van der Waals surface area contributed by atoms with Crippen molar-refractivity contribution < 1.29 is 27.7 Å². The van der Waals surface area contributed by atoms with Crippen LogP contribution in [0.2, 0.25) is 0 Å². The minimum Gasteiger partial charge on any atom is -0.426 e. The van der Waals surface area contributed by atoms with Crippen LogP contribution in [0.4, 0.5) is 11.4 Å². The summed E-state index contributed by atoms with van der Waals surface area (Å²) in [5.74, 6) is -2.85. The van der Waals surface area contributed by atoms with Crippen molar-refractivity contribution in [3.63, 3.8) is 0 Å². The van der Waals surface area contributed by atoms with Crippen LogP contribution >= 0.6 is 0 Å². The minimum absolute atomic E-state index is 0.0423. The third kappa shape index (κ3) is 4.55. The van der Waals surface area contributed by atoms with Gasteiger partial charge in [-0.3, -0.25) is 19.7 Å². The van der Waals surface area contributed by atoms with E-state index in [0.717, 1.165) is 10.6 Å². The summed E-state index contributed by atoms with van der Waals surface area (Å²) in [6, 6.07) is 18.0. The maximum Gasteiger partial charge on any atom is 0.329 e. The molecule has 4 aromatic rings. The number of aryl methyl sites for hydroxylation is 2. The van der Waals surface area contributed by atoms with Crippen LogP contribution in [0, 0.1) is 29.9 Å². The molecular weight excluding hydrogens is 524 g/mol. The molecule has 2 heterocycles. The summed E-state index contributed by atoms with van der Waals surface area (Å²) in [5.41, 5.74) is 2.05. The van der Waals surface area contributed by atoms with E-state index in [1.807, 2.05) is 6.92 Å². The number of fused-ring (bicyclic) bond motifs is 1. The molecule has 11 nitrogen and oxygen atoms in total. The first-order chi connectivity index (χ1) is 18.5. The van der Waals surface area contributed by atoms with Crippen LogP contribution in [-0.2, 0) is 19.6 Å². The summed E-state index contributed by atoms with van der Waals surface area (Å²) in [5, 5.41) is 16.8. The van der Waals surface area contributed by atoms with Crippen molar-refractivity contribution in [1.82, 2.24) is 3.97 Å². The van der Waals surface area contributed by atoms with Gasteiger partial charge in [-0.2, -0.15) is 10.1 Å². The van der Waals surface area contributed by atoms with Gasteiger partial charge in [0.1, 0.15) is 5.75 Å². The molecule has 198 valence electrons. The Balaban J connectivity index is 1.45. The Morgan fingerprint density at radius 1 is 0.974 bits per heavy atom. The average molecular weight is 547 g/mol. The van der Waals surface area contributed by atoms with Crippen LogP contribution in [-0.4, -0.2) is 34.9 Å². The maximum absolute atomic E-state index is 13.5. The molecule has 0 saturated carbocycles. The van der Waals surface area contributed by atoms with Gasteiger partial charge in [0.15, 0.2) is 5.92 Å². The van der Waals surface area contributed by atoms with E-state index in [0.29, 0.717) is 16.6 Å². The standard InChI is InChI=1S/C27H22N4O7S/c1-16-4-12-23(13-5-16)39(36,37)30-17(2)14-19-6-7-21(15-24(19)30)29-26(32)25(18(3)28-29)27(33)38-22-10-8-20(9-11-22)31(34)35/h4-15,25H,1-3H3. The molecule has 1 atom stereocenters. The number of nitro benzene ring substituents is 1. The van der Waals surface area contributed by atoms with Crippen LogP contribution < -0.4 is 9.75 Å². The number of amides is 1. The molecule has 12 heteroatoms. The molecule has 0 radical (unpaired) electrons. The number of anilines is 1. The van der Waals surface area contributed by atoms with Crippen molar-refractivity contribution in [3.8, 4) is 5.75 Å². The van der Waals surface area contributed by atoms with Gasteiger partial charge in [-0.05, 0) is 63.2 Å². The van der Waals surface area contributed by atoms with Gasteiger partial charge in [0.25, 0.3) is 21.6 Å². The van der Waals surface area contributed by atoms with Crippen molar-refractivity contribution in [2.75, 3.05) is 5.01 Å². The summed E-state index contributed by atoms with van der Waals surface area (Å²) in [4.78, 5) is 36.5. The topological polar surface area (TPSA) is 141 Å². The second-order valence-electron chi connectivity index (χ2n) is 9.11. The molecule has 0 N–H and O–H groups in total. The second kappa shape index (κ2) is 9.48. The molecule has 3 aromatic carbocycles. The number of carbonyl (C=O) groups is 2. The first-order valence-electron chi connectivity index (χ1n) is 11.8. The molecule has 1 aliphatic rings. The molecule has 1 aromatic heterocycles. The summed E-state index contributed by atoms with van der Waals surface area (Å²) < 4.78 is 33.5. The van der Waals surface area contributed by atoms with Gasteiger partial charge < -0.3 is 4.74 Å². The Hall–Kier alpha value is -4.84. The lowest BCUT2D eigenvalue weighted by atomic mass is 10.1. The minimum atomic E-state index is -3.94. The van der Waals surface area contributed by atoms with Gasteiger partial charge in [-0.25, -0.2) is 12.4 Å². The molecule has 0 spiro atoms. The van der Waals surface area contributed by atoms with Crippen molar-refractivity contribution in [2.24, 2.45) is 11.0 Å². The number of carbonyl (C=O) groups excluding carboxylic acids is 2. The van der Waals surface area contributed by atoms with Crippen molar-refractivity contribution in [3.05, 3.63) is 94.2 Å². The summed E-state index contributed by atoms with van der Waals surface area (Å²) in [7, 11) is -3.94. The predicted molar refractivity (Wildman–Crippen MR) is 143 cm³/mol. The number of ether oxygens (including phenoxy) is 1. The maximum atomic E-state index is 13.5. The fourth-order valence-corrected chi connectivity index (χ4v) is 5.94. The number of hydrazone groups is 1. The highest BCUT2D eigenvalue weighted by Crippen LogP contribution is 2.32. The molecule has 0 bridgehead atoms. The van der Waals surface area contributed by atoms with E-state index in [2.05, 4.69) is 5.10 Å². The smallest absolute Gasteiger partial charge is 0.329 e. The van der Waals surface area contributed by atoms with E-state index in [9.17, 15) is 28.1 Å². The fraction of sp³-hybridized carbons (Fsp3) is 0.148. The number of non-ortho nitro benzene ring substituents is 1. The first kappa shape index (κ1) is 25.8. The molecule has 1 unspecified atom stereocenters. The molecule has 0 saturated heterocycles. The van der Waals surface area contributed by atoms with Gasteiger partial charge >= 0.3 is 5.97 Å². The monoisotopic (exact) mass is 546 g/mol. The number of aromatic nitrogens is 1. The highest BCUT2D eigenvalue weighted by molar-refractivity contribution is 7.90. The third-order valence-corrected chi connectivity index (χ3v) is 8.19. The Kier molecular flexibility index (Phi) is 6.27. The lowest BCUT2D eigenvalue weighted by molar-refractivity contribution is -0.384. The number of benzene rings is 3. The van der Waals surface area contributed by atoms with Gasteiger partial charge in [-0.15, -0.1) is 0 Å². The Morgan fingerprint density at radius 3 is 2.28 bits per heavy atom. The van der Waals surface area contributed by atoms with Gasteiger partial charge in [0.05, 0.1) is 26.7 Å². The number of rotatable bonds is 6. The number of nitrogens with zero attached hydrogens (tertiary/aromatic N) is 4. The summed E-state index contributed by atoms with van der Waals surface area (Å²) >= 11 is 0. The molecule has 39 heavy (non-hydrogen) atoms. The highest BCUT2D eigenvalue weighted by Gasteiger charge is 2.41. The largest absolute Gasteiger partial charge is 0.426 e. The quantitative estimate of drug-likeness (QED) is 0.115. The van der Waals surface area contributed by atoms with E-state index in [1.54, 1.807) is 49.4 Å². The van der Waals surface area contributed by atoms with Gasteiger partial charge in [0, 0.05) is 23.2 Å². The van der Waals surface area contributed by atoms with Crippen molar-refractivity contribution >= 4 is 49.9 Å². The molecule has 0 aliphatic carbocycles. The lowest BCUT2D eigenvalue weighted by Gasteiger charge is -2.15. The molecule has 5 rings (SSSR count). The van der Waals surface area contributed by atoms with Crippen molar-refractivity contribution in [2.45, 2.75) is 25.7 Å². The third-order valence-electron chi connectivity index (χ3n) is 6.35. The second-order valence-corrected chi connectivity index (χ2v) is 10.9. The van der Waals surface area contributed by atoms with E-state index < -0.39 is 32.7 Å². The lowest BCUT2D eigenvalue weighted by Crippen LogP contribution is -2.35. The highest BCUT2D eigenvalue weighted by atomic mass is 32.2. The van der Waals surface area contributed by atoms with Crippen LogP contribution in [0.3, 0.4) is 0 Å². The van der Waals surface area contributed by atoms with Gasteiger partial charge in [0.2, 0.25) is 0 Å². The summed E-state index contributed by atoms with van der Waals surface area (Å²) in [6.45, 7) is 5.05. The zero-order valence-electron chi connectivity index (χ0n) is 21.1. The van der Waals surface area contributed by atoms with E-state index in [-0.39, 0.29) is 27.7 Å². The Labute approximate surface area is 223 Å². The Bertz CT molecular complexity index is 1790. The Morgan fingerprint density at radius 2 is 1.64 bits per heavy atom. The summed E-state index contributed by atoms with van der Waals surface area (Å²) in [6.07, 6.45) is 0. The number of hydrogen-bond acceptors (Lipinski definition) is 8. The van der Waals surface area contributed by atoms with Crippen LogP contribution in [0.25, 0.3) is 10.9 Å². The first-order valence-corrected chi connectivity index (χ1v) is 13.2. The van der Waals surface area contributed by atoms with Crippen LogP contribution in [0.1, 0.15) is 18.2 Å². The van der Waals surface area contributed by atoms with Crippen LogP contribution in [0.15, 0.2) is 82.8 Å². The fourth-order valence-electron chi connectivity index (χ4n) is 4.40. The van der Waals surface area contributed by atoms with Gasteiger partial charge in [-0.1, -0.05) is 23.8 Å². The predicted octanol–water partition coefficient (Wildman–Crippen LogP) is 4.35. The molecule has 1 aliphatic heterocycles. The van der Waals surface area contributed by atoms with E-state index >= 15 is 0 Å². The van der Waals surface area contributed by atoms with E-state index in [4.69, 9.17) is 4.74 Å². The number of nitro groups is 1. The zero-order valence-corrected chi connectivity index (χ0v) is 21.9. The van der Waals surface area contributed by atoms with Crippen molar-refractivity contribution in [1.29, 1.82) is 0 Å². The molecular formula is C27H22N4O7S. The molecule has 0 fully saturated rings. The molecule has 1 amide bonds. The van der Waals surface area contributed by atoms with Crippen LogP contribution in [0.5, 0.6) is 5.75 Å².